The van der Waals surface area contributed by atoms with Gasteiger partial charge in [-0.25, -0.2) is 0 Å². The summed E-state index contributed by atoms with van der Waals surface area (Å²) in [7, 11) is 47.9. The van der Waals surface area contributed by atoms with E-state index in [1.807, 2.05) is 0 Å². The third kappa shape index (κ3) is 184. The van der Waals surface area contributed by atoms with Gasteiger partial charge in [-0.05, 0) is 89.9 Å². The Balaban J connectivity index is -0.0000000758. The molecule has 0 amide bonds. The smallest absolute Gasteiger partial charge is 0.0780 e. The lowest BCUT2D eigenvalue weighted by molar-refractivity contribution is -0.870. The average Bonchev–Trinajstić information content (AvgIpc) is 1.22. The molecule has 105 heavy (non-hydrogen) atoms. The van der Waals surface area contributed by atoms with Crippen molar-refractivity contribution in [3.8, 4) is 0 Å². The van der Waals surface area contributed by atoms with Crippen molar-refractivity contribution in [2.75, 3.05) is 194 Å². The van der Waals surface area contributed by atoms with Crippen LogP contribution >= 0.6 is 0 Å². The first-order valence-corrected chi connectivity index (χ1v) is 44.6. The molecule has 0 rings (SSSR count). The molecule has 0 aromatic carbocycles. The van der Waals surface area contributed by atoms with E-state index in [0.29, 0.717) is 0 Å². The molecular weight excluding hydrogens is 1750 g/mol. The first kappa shape index (κ1) is 140. The zero-order valence-corrected chi connectivity index (χ0v) is 89.4. The molecule has 0 atom stereocenters. The molecule has 0 N–H and O–H groups in total. The topological polar surface area (TPSA) is 0 Å². The Labute approximate surface area is 745 Å². The van der Waals surface area contributed by atoms with Crippen LogP contribution in [0.4, 0.5) is 0 Å². The second kappa shape index (κ2) is 103. The van der Waals surface area contributed by atoms with E-state index in [9.17, 15) is 0 Å². The van der Waals surface area contributed by atoms with E-state index in [2.05, 4.69) is 196 Å². The highest BCUT2D eigenvalue weighted by atomic mass is 79.9. The van der Waals surface area contributed by atoms with Gasteiger partial charge in [-0.1, -0.05) is 318 Å². The van der Waals surface area contributed by atoms with Crippen LogP contribution in [0.5, 0.6) is 0 Å². The summed E-state index contributed by atoms with van der Waals surface area (Å²) in [5, 5.41) is 0. The van der Waals surface area contributed by atoms with Crippen LogP contribution in [0.3, 0.4) is 0 Å². The molecule has 0 aliphatic heterocycles. The first-order valence-electron chi connectivity index (χ1n) is 44.6. The lowest BCUT2D eigenvalue weighted by Gasteiger charge is -2.23. The largest absolute Gasteiger partial charge is 1.00 e. The van der Waals surface area contributed by atoms with Crippen LogP contribution in [0.1, 0.15) is 408 Å². The standard InChI is InChI=1S/7C13H30N.7BrH/c7*1-5-6-7-8-9-10-11-12-13-14(2,3)4;;;;;;;/h7*5-13H2,1-4H3;7*1H/q7*+1;;;;;;;/p-7. The molecule has 0 aliphatic carbocycles. The van der Waals surface area contributed by atoms with Crippen molar-refractivity contribution in [1.29, 1.82) is 0 Å². The molecule has 0 saturated carbocycles. The maximum atomic E-state index is 2.28. The van der Waals surface area contributed by atoms with Gasteiger partial charge in [-0.3, -0.25) is 0 Å². The van der Waals surface area contributed by atoms with Crippen molar-refractivity contribution in [2.24, 2.45) is 0 Å². The fraction of sp³-hybridized carbons (Fsp3) is 1.00. The van der Waals surface area contributed by atoms with Gasteiger partial charge in [0, 0.05) is 0 Å². The van der Waals surface area contributed by atoms with Crippen molar-refractivity contribution in [3.05, 3.63) is 0 Å². The summed E-state index contributed by atoms with van der Waals surface area (Å²) in [6, 6.07) is 0. The van der Waals surface area contributed by atoms with E-state index in [1.54, 1.807) is 0 Å². The lowest BCUT2D eigenvalue weighted by atomic mass is 10.1. The Kier molecular flexibility index (Phi) is 138. The molecule has 0 heterocycles. The predicted octanol–water partition coefficient (Wildman–Crippen LogP) is 5.86. The van der Waals surface area contributed by atoms with E-state index < -0.39 is 0 Å². The second-order valence-electron chi connectivity index (χ2n) is 38.4. The molecular formula is C91H210Br7N7. The minimum Gasteiger partial charge on any atom is -1.00 e. The Morgan fingerprint density at radius 3 is 0.210 bits per heavy atom. The molecule has 0 bridgehead atoms. The molecule has 0 spiro atoms. The minimum atomic E-state index is 0. The molecule has 0 unspecified atom stereocenters. The summed E-state index contributed by atoms with van der Waals surface area (Å²) in [5.41, 5.74) is 0. The fourth-order valence-electron chi connectivity index (χ4n) is 12.0. The average molecular weight is 1960 g/mol. The highest BCUT2D eigenvalue weighted by Gasteiger charge is 2.10. The first-order chi connectivity index (χ1) is 45.9. The van der Waals surface area contributed by atoms with Crippen molar-refractivity contribution < 1.29 is 150 Å². The van der Waals surface area contributed by atoms with Crippen LogP contribution in [0.25, 0.3) is 0 Å². The van der Waals surface area contributed by atoms with Crippen LogP contribution in [0.15, 0.2) is 0 Å². The maximum Gasteiger partial charge on any atom is 0.0780 e. The number of halogens is 7. The number of quaternary nitrogens is 7. The van der Waals surface area contributed by atoms with Crippen molar-refractivity contribution in [1.82, 2.24) is 0 Å². The summed E-state index contributed by atoms with van der Waals surface area (Å²) in [6.07, 6.45) is 80.0. The van der Waals surface area contributed by atoms with Crippen LogP contribution in [-0.4, -0.2) is 225 Å². The number of hydrogen-bond donors (Lipinski definition) is 0. The minimum absolute atomic E-state index is 0. The Hall–Kier alpha value is 3.08. The monoisotopic (exact) mass is 1950 g/mol. The Morgan fingerprint density at radius 1 is 0.0952 bits per heavy atom. The van der Waals surface area contributed by atoms with Gasteiger partial charge in [0.1, 0.15) is 0 Å². The number of rotatable bonds is 63. The zero-order valence-electron chi connectivity index (χ0n) is 78.3. The van der Waals surface area contributed by atoms with E-state index >= 15 is 0 Å². The third-order valence-corrected chi connectivity index (χ3v) is 18.8. The van der Waals surface area contributed by atoms with Crippen LogP contribution in [0.2, 0.25) is 0 Å². The molecule has 0 aromatic heterocycles. The second-order valence-corrected chi connectivity index (χ2v) is 38.4. The predicted molar refractivity (Wildman–Crippen MR) is 459 cm³/mol. The highest BCUT2D eigenvalue weighted by molar-refractivity contribution is 4.52. The van der Waals surface area contributed by atoms with Crippen LogP contribution in [0, 0.1) is 0 Å². The number of unbranched alkanes of at least 4 members (excludes halogenated alkanes) is 49. The molecule has 7 nitrogen and oxygen atoms in total. The van der Waals surface area contributed by atoms with Crippen molar-refractivity contribution >= 4 is 0 Å². The number of hydrogen-bond acceptors (Lipinski definition) is 0. The van der Waals surface area contributed by atoms with E-state index in [0.717, 1.165) is 31.4 Å². The molecule has 658 valence electrons. The maximum absolute atomic E-state index is 2.28. The highest BCUT2D eigenvalue weighted by Crippen LogP contribution is 2.16. The molecule has 0 aromatic rings. The zero-order chi connectivity index (χ0) is 76.0. The van der Waals surface area contributed by atoms with Gasteiger partial charge in [0.25, 0.3) is 0 Å². The quantitative estimate of drug-likeness (QED) is 0.0530. The third-order valence-electron chi connectivity index (χ3n) is 18.8. The van der Waals surface area contributed by atoms with Gasteiger partial charge in [-0.15, -0.1) is 0 Å². The molecule has 0 saturated heterocycles. The van der Waals surface area contributed by atoms with E-state index in [1.165, 1.54) is 405 Å². The fourth-order valence-corrected chi connectivity index (χ4v) is 12.0. The molecule has 0 fully saturated rings. The van der Waals surface area contributed by atoms with Gasteiger partial charge in [0.2, 0.25) is 0 Å². The molecule has 0 aliphatic rings. The number of nitrogens with zero attached hydrogens (tertiary/aromatic N) is 7. The van der Waals surface area contributed by atoms with E-state index in [4.69, 9.17) is 0 Å². The lowest BCUT2D eigenvalue weighted by Crippen LogP contribution is -3.00. The van der Waals surface area contributed by atoms with Crippen LogP contribution in [-0.2, 0) is 0 Å². The molecule has 0 radical (unpaired) electrons. The molecule has 14 heteroatoms. The van der Waals surface area contributed by atoms with Gasteiger partial charge in [0.15, 0.2) is 0 Å². The van der Waals surface area contributed by atoms with Gasteiger partial charge >= 0.3 is 0 Å². The summed E-state index contributed by atoms with van der Waals surface area (Å²) < 4.78 is 7.85. The Bertz CT molecular complexity index is 1120. The summed E-state index contributed by atoms with van der Waals surface area (Å²) in [5.74, 6) is 0. The van der Waals surface area contributed by atoms with Crippen molar-refractivity contribution in [3.63, 3.8) is 0 Å². The van der Waals surface area contributed by atoms with Gasteiger partial charge in [0.05, 0.1) is 194 Å². The SMILES string of the molecule is CCCCCCCCCC[N+](C)(C)C.CCCCCCCCCC[N+](C)(C)C.CCCCCCCCCC[N+](C)(C)C.CCCCCCCCCC[N+](C)(C)C.CCCCCCCCCC[N+](C)(C)C.CCCCCCCCCC[N+](C)(C)C.CCCCCCCCCC[N+](C)(C)C.[Br-].[Br-].[Br-].[Br-].[Br-].[Br-].[Br-]. The van der Waals surface area contributed by atoms with E-state index in [-0.39, 0.29) is 119 Å². The summed E-state index contributed by atoms with van der Waals surface area (Å²) in [6.45, 7) is 25.3. The summed E-state index contributed by atoms with van der Waals surface area (Å²) in [4.78, 5) is 0. The van der Waals surface area contributed by atoms with Gasteiger partial charge in [-0.2, -0.15) is 0 Å². The van der Waals surface area contributed by atoms with Crippen LogP contribution < -0.4 is 119 Å². The normalized spacial score (nSPS) is 11.2. The summed E-state index contributed by atoms with van der Waals surface area (Å²) >= 11 is 0. The van der Waals surface area contributed by atoms with Gasteiger partial charge < -0.3 is 150 Å². The Morgan fingerprint density at radius 2 is 0.152 bits per heavy atom. The van der Waals surface area contributed by atoms with Crippen molar-refractivity contribution in [2.45, 2.75) is 408 Å².